The number of aromatic nitrogens is 2. The van der Waals surface area contributed by atoms with Crippen LogP contribution in [0.25, 0.3) is 11.0 Å². The minimum Gasteiger partial charge on any atom is -0.318 e. The van der Waals surface area contributed by atoms with Crippen molar-refractivity contribution in [1.82, 2.24) is 19.9 Å². The molecule has 6 nitrogen and oxygen atoms in total. The number of imidazole rings is 1. The monoisotopic (exact) mass is 370 g/mol. The lowest BCUT2D eigenvalue weighted by Gasteiger charge is -2.13. The van der Waals surface area contributed by atoms with E-state index in [1.54, 1.807) is 29.4 Å². The van der Waals surface area contributed by atoms with E-state index in [-0.39, 0.29) is 0 Å². The Kier molecular flexibility index (Phi) is 5.92. The van der Waals surface area contributed by atoms with Crippen molar-refractivity contribution in [3.05, 3.63) is 59.7 Å². The minimum atomic E-state index is -0.505. The zero-order chi connectivity index (χ0) is 18.5. The molecule has 0 bridgehead atoms. The van der Waals surface area contributed by atoms with Crippen LogP contribution in [0.1, 0.15) is 15.9 Å². The van der Waals surface area contributed by atoms with E-state index in [0.717, 1.165) is 40.6 Å². The Labute approximate surface area is 156 Å². The van der Waals surface area contributed by atoms with Gasteiger partial charge in [0.05, 0.1) is 11.0 Å². The first-order chi connectivity index (χ1) is 12.6. The largest absolute Gasteiger partial charge is 0.318 e. The van der Waals surface area contributed by atoms with Crippen LogP contribution in [0.5, 0.6) is 0 Å². The number of nitrogens with zero attached hydrogens (tertiary/aromatic N) is 3. The van der Waals surface area contributed by atoms with E-state index in [2.05, 4.69) is 29.6 Å². The minimum absolute atomic E-state index is 0.430. The molecule has 136 valence electrons. The van der Waals surface area contributed by atoms with Crippen molar-refractivity contribution in [3.63, 3.8) is 0 Å². The summed E-state index contributed by atoms with van der Waals surface area (Å²) in [7, 11) is 4.13. The van der Waals surface area contributed by atoms with Gasteiger partial charge >= 0.3 is 0 Å². The van der Waals surface area contributed by atoms with E-state index < -0.39 is 5.91 Å². The third-order valence-corrected chi connectivity index (χ3v) is 5.12. The number of para-hydroxylation sites is 2. The molecule has 0 aliphatic carbocycles. The van der Waals surface area contributed by atoms with E-state index in [1.165, 1.54) is 0 Å². The molecule has 0 radical (unpaired) electrons. The normalized spacial score (nSPS) is 11.2. The van der Waals surface area contributed by atoms with E-state index in [1.807, 2.05) is 30.3 Å². The van der Waals surface area contributed by atoms with Gasteiger partial charge in [0.1, 0.15) is 0 Å². The third kappa shape index (κ3) is 4.24. The molecule has 0 fully saturated rings. The average Bonchev–Trinajstić information content (AvgIpc) is 3.02. The number of hydrogen-bond acceptors (Lipinski definition) is 5. The molecule has 0 unspecified atom stereocenters. The first-order valence-corrected chi connectivity index (χ1v) is 9.33. The number of carbonyl (C=O) groups is 1. The summed E-state index contributed by atoms with van der Waals surface area (Å²) in [5.41, 5.74) is 5.31. The zero-order valence-corrected chi connectivity index (χ0v) is 15.7. The van der Waals surface area contributed by atoms with Crippen molar-refractivity contribution in [2.24, 2.45) is 0 Å². The van der Waals surface area contributed by atoms with Crippen molar-refractivity contribution < 1.29 is 10.0 Å². The Bertz CT molecular complexity index is 890. The number of carbonyl (C=O) groups excluding carboxylic acids is 1. The molecule has 1 heterocycles. The molecule has 3 aromatic rings. The molecule has 7 heteroatoms. The molecule has 26 heavy (non-hydrogen) atoms. The number of hydroxylamine groups is 1. The molecular weight excluding hydrogens is 348 g/mol. The molecule has 0 spiro atoms. The van der Waals surface area contributed by atoms with Gasteiger partial charge in [-0.25, -0.2) is 10.5 Å². The van der Waals surface area contributed by atoms with Gasteiger partial charge in [0.15, 0.2) is 5.16 Å². The maximum absolute atomic E-state index is 11.4. The highest BCUT2D eigenvalue weighted by Gasteiger charge is 2.11. The Morgan fingerprint density at radius 1 is 1.19 bits per heavy atom. The van der Waals surface area contributed by atoms with Crippen LogP contribution < -0.4 is 5.48 Å². The molecule has 2 N–H and O–H groups in total. The summed E-state index contributed by atoms with van der Waals surface area (Å²) in [5.74, 6) is 0.251. The number of hydrogen-bond donors (Lipinski definition) is 2. The Morgan fingerprint density at radius 2 is 1.92 bits per heavy atom. The van der Waals surface area contributed by atoms with Crippen LogP contribution in [0.15, 0.2) is 53.7 Å². The van der Waals surface area contributed by atoms with Gasteiger partial charge in [-0.15, -0.1) is 0 Å². The fourth-order valence-electron chi connectivity index (χ4n) is 2.64. The first-order valence-electron chi connectivity index (χ1n) is 8.34. The number of thioether (sulfide) groups is 1. The van der Waals surface area contributed by atoms with Gasteiger partial charge in [0.2, 0.25) is 0 Å². The molecular formula is C19H22N4O2S. The number of rotatable bonds is 7. The van der Waals surface area contributed by atoms with Crippen LogP contribution in [-0.2, 0) is 12.3 Å². The molecule has 1 aromatic heterocycles. The fraction of sp³-hybridized carbons (Fsp3) is 0.263. The second-order valence-electron chi connectivity index (χ2n) is 6.26. The molecule has 3 rings (SSSR count). The fourth-order valence-corrected chi connectivity index (χ4v) is 3.64. The molecule has 0 atom stereocenters. The van der Waals surface area contributed by atoms with E-state index in [4.69, 9.17) is 10.2 Å². The number of likely N-dealkylation sites (N-methyl/N-ethyl adjacent to an activating group) is 1. The van der Waals surface area contributed by atoms with Crippen molar-refractivity contribution in [3.8, 4) is 0 Å². The summed E-state index contributed by atoms with van der Waals surface area (Å²) in [6.07, 6.45) is 0. The summed E-state index contributed by atoms with van der Waals surface area (Å²) in [4.78, 5) is 18.3. The SMILES string of the molecule is CN(C)CCn1c(SCc2ccc(C(=O)NO)cc2)nc2ccccc21. The zero-order valence-electron chi connectivity index (χ0n) is 14.8. The van der Waals surface area contributed by atoms with E-state index in [9.17, 15) is 4.79 Å². The van der Waals surface area contributed by atoms with Gasteiger partial charge in [-0.1, -0.05) is 36.0 Å². The topological polar surface area (TPSA) is 70.4 Å². The summed E-state index contributed by atoms with van der Waals surface area (Å²) < 4.78 is 2.26. The second-order valence-corrected chi connectivity index (χ2v) is 7.21. The first kappa shape index (κ1) is 18.4. The van der Waals surface area contributed by atoms with Crippen molar-refractivity contribution in [1.29, 1.82) is 0 Å². The maximum atomic E-state index is 11.4. The molecule has 1 amide bonds. The molecule has 0 aliphatic heterocycles. The van der Waals surface area contributed by atoms with E-state index in [0.29, 0.717) is 5.56 Å². The number of nitrogens with one attached hydrogen (secondary N) is 1. The van der Waals surface area contributed by atoms with Gasteiger partial charge < -0.3 is 9.47 Å². The highest BCUT2D eigenvalue weighted by atomic mass is 32.2. The number of amides is 1. The molecule has 0 saturated heterocycles. The number of benzene rings is 2. The second kappa shape index (κ2) is 8.35. The quantitative estimate of drug-likeness (QED) is 0.380. The predicted octanol–water partition coefficient (Wildman–Crippen LogP) is 3.01. The van der Waals surface area contributed by atoms with Gasteiger partial charge in [-0.3, -0.25) is 10.0 Å². The number of fused-ring (bicyclic) bond motifs is 1. The van der Waals surface area contributed by atoms with Crippen molar-refractivity contribution >= 4 is 28.7 Å². The van der Waals surface area contributed by atoms with Crippen LogP contribution in [0.2, 0.25) is 0 Å². The smallest absolute Gasteiger partial charge is 0.274 e. The van der Waals surface area contributed by atoms with Crippen LogP contribution in [-0.4, -0.2) is 46.2 Å². The van der Waals surface area contributed by atoms with Gasteiger partial charge in [0.25, 0.3) is 5.91 Å². The van der Waals surface area contributed by atoms with Crippen LogP contribution in [0, 0.1) is 0 Å². The summed E-state index contributed by atoms with van der Waals surface area (Å²) in [6.45, 7) is 1.82. The van der Waals surface area contributed by atoms with Crippen LogP contribution in [0.4, 0.5) is 0 Å². The van der Waals surface area contributed by atoms with Crippen LogP contribution >= 0.6 is 11.8 Å². The third-order valence-electron chi connectivity index (χ3n) is 4.08. The van der Waals surface area contributed by atoms with E-state index >= 15 is 0 Å². The average molecular weight is 370 g/mol. The Balaban J connectivity index is 1.77. The predicted molar refractivity (Wildman–Crippen MR) is 104 cm³/mol. The van der Waals surface area contributed by atoms with Gasteiger partial charge in [-0.05, 0) is 43.9 Å². The lowest BCUT2D eigenvalue weighted by Crippen LogP contribution is -2.18. The lowest BCUT2D eigenvalue weighted by atomic mass is 10.1. The summed E-state index contributed by atoms with van der Waals surface area (Å²) in [6, 6.07) is 15.4. The highest BCUT2D eigenvalue weighted by molar-refractivity contribution is 7.98. The summed E-state index contributed by atoms with van der Waals surface area (Å²) in [5, 5.41) is 9.67. The van der Waals surface area contributed by atoms with Gasteiger partial charge in [-0.2, -0.15) is 0 Å². The van der Waals surface area contributed by atoms with Crippen molar-refractivity contribution in [2.75, 3.05) is 20.6 Å². The highest BCUT2D eigenvalue weighted by Crippen LogP contribution is 2.27. The Hall–Kier alpha value is -2.35. The Morgan fingerprint density at radius 3 is 2.62 bits per heavy atom. The molecule has 0 aliphatic rings. The van der Waals surface area contributed by atoms with Crippen LogP contribution in [0.3, 0.4) is 0 Å². The van der Waals surface area contributed by atoms with Gasteiger partial charge in [0, 0.05) is 24.4 Å². The summed E-state index contributed by atoms with van der Waals surface area (Å²) >= 11 is 1.68. The van der Waals surface area contributed by atoms with Crippen molar-refractivity contribution in [2.45, 2.75) is 17.5 Å². The molecule has 2 aromatic carbocycles. The standard InChI is InChI=1S/C19H22N4O2S/c1-22(2)11-12-23-17-6-4-3-5-16(17)20-19(23)26-13-14-7-9-15(10-8-14)18(24)21-25/h3-10,25H,11-13H2,1-2H3,(H,21,24). The maximum Gasteiger partial charge on any atom is 0.274 e. The molecule has 0 saturated carbocycles. The lowest BCUT2D eigenvalue weighted by molar-refractivity contribution is 0.0706.